The summed E-state index contributed by atoms with van der Waals surface area (Å²) in [4.78, 5) is 0.238. The minimum Gasteiger partial charge on any atom is -0.266 e. The van der Waals surface area contributed by atoms with Gasteiger partial charge in [0.15, 0.2) is 0 Å². The number of unbranched alkanes of at least 4 members (excludes halogenated alkanes) is 9. The molecular weight excluding hydrogens is 459 g/mol. The SMILES string of the molecule is CCCCCCCCCCCCOS(=O)(=O)c1ccccc1.[Ce+4].[Na+]. The Hall–Kier alpha value is 1.51. The molecule has 0 aliphatic carbocycles. The summed E-state index contributed by atoms with van der Waals surface area (Å²) >= 11 is 0. The van der Waals surface area contributed by atoms with Gasteiger partial charge in [0, 0.05) is 0 Å². The molecule has 1 rings (SSSR count). The van der Waals surface area contributed by atoms with Gasteiger partial charge in [-0.05, 0) is 18.6 Å². The first-order chi connectivity index (χ1) is 10.7. The first-order valence-electron chi connectivity index (χ1n) is 8.61. The normalized spacial score (nSPS) is 10.7. The summed E-state index contributed by atoms with van der Waals surface area (Å²) in [5, 5.41) is 0. The molecule has 126 valence electrons. The molecule has 0 aromatic heterocycles. The van der Waals surface area contributed by atoms with E-state index in [9.17, 15) is 8.42 Å². The molecule has 0 aliphatic heterocycles. The smallest absolute Gasteiger partial charge is 0.266 e. The van der Waals surface area contributed by atoms with Gasteiger partial charge in [-0.1, -0.05) is 82.9 Å². The minimum absolute atomic E-state index is 0. The van der Waals surface area contributed by atoms with E-state index in [4.69, 9.17) is 4.18 Å². The Kier molecular flexibility index (Phi) is 20.7. The van der Waals surface area contributed by atoms with Crippen LogP contribution in [0.15, 0.2) is 35.2 Å². The van der Waals surface area contributed by atoms with E-state index in [1.165, 1.54) is 51.4 Å². The van der Waals surface area contributed by atoms with Crippen molar-refractivity contribution in [3.63, 3.8) is 0 Å². The third-order valence-electron chi connectivity index (χ3n) is 3.77. The van der Waals surface area contributed by atoms with Crippen molar-refractivity contribution in [3.05, 3.63) is 30.3 Å². The second kappa shape index (κ2) is 17.9. The Morgan fingerprint density at radius 3 is 1.75 bits per heavy atom. The Labute approximate surface area is 204 Å². The van der Waals surface area contributed by atoms with Crippen LogP contribution in [0.1, 0.15) is 71.1 Å². The fourth-order valence-electron chi connectivity index (χ4n) is 2.41. The van der Waals surface area contributed by atoms with Crippen LogP contribution in [0.5, 0.6) is 0 Å². The summed E-state index contributed by atoms with van der Waals surface area (Å²) in [6.45, 7) is 2.52. The standard InChI is InChI=1S/C18H30O3S.Ce.Na/c1-2-3-4-5-6-7-8-9-10-14-17-21-22(19,20)18-15-12-11-13-16-18;;/h11-13,15-16H,2-10,14,17H2,1H3;;/q;+4;+1. The van der Waals surface area contributed by atoms with Crippen molar-refractivity contribution in [3.8, 4) is 0 Å². The van der Waals surface area contributed by atoms with Crippen LogP contribution in [-0.2, 0) is 14.3 Å². The van der Waals surface area contributed by atoms with Crippen LogP contribution in [0, 0.1) is 41.7 Å². The molecule has 0 saturated carbocycles. The Balaban J connectivity index is 0. The van der Waals surface area contributed by atoms with E-state index in [1.807, 2.05) is 0 Å². The first kappa shape index (κ1) is 27.7. The molecule has 0 heterocycles. The average molecular weight is 490 g/mol. The molecule has 0 atom stereocenters. The van der Waals surface area contributed by atoms with Crippen LogP contribution in [0.3, 0.4) is 0 Å². The molecule has 1 aromatic carbocycles. The summed E-state index contributed by atoms with van der Waals surface area (Å²) in [7, 11) is -3.57. The zero-order valence-electron chi connectivity index (χ0n) is 15.3. The van der Waals surface area contributed by atoms with E-state index in [0.717, 1.165) is 12.8 Å². The van der Waals surface area contributed by atoms with Gasteiger partial charge in [-0.15, -0.1) is 0 Å². The number of hydrogen-bond donors (Lipinski definition) is 0. The predicted molar refractivity (Wildman–Crippen MR) is 91.4 cm³/mol. The van der Waals surface area contributed by atoms with Crippen molar-refractivity contribution in [2.75, 3.05) is 6.61 Å². The molecule has 0 spiro atoms. The topological polar surface area (TPSA) is 43.4 Å². The first-order valence-corrected chi connectivity index (χ1v) is 10.0. The van der Waals surface area contributed by atoms with E-state index in [2.05, 4.69) is 6.92 Å². The summed E-state index contributed by atoms with van der Waals surface area (Å²) in [6, 6.07) is 8.33. The van der Waals surface area contributed by atoms with E-state index in [-0.39, 0.29) is 82.8 Å². The zero-order valence-corrected chi connectivity index (χ0v) is 21.3. The van der Waals surface area contributed by atoms with Gasteiger partial charge in [-0.3, -0.25) is 4.18 Å². The number of benzene rings is 1. The molecular formula is C18H30CeNaO3S+5. The van der Waals surface area contributed by atoms with Crippen LogP contribution in [0.2, 0.25) is 0 Å². The Bertz CT molecular complexity index is 480. The number of rotatable bonds is 13. The van der Waals surface area contributed by atoms with Crippen molar-refractivity contribution in [1.29, 1.82) is 0 Å². The molecule has 1 aromatic rings. The molecule has 24 heavy (non-hydrogen) atoms. The summed E-state index contributed by atoms with van der Waals surface area (Å²) < 4.78 is 28.8. The van der Waals surface area contributed by atoms with Crippen molar-refractivity contribution < 1.29 is 83.9 Å². The van der Waals surface area contributed by atoms with Crippen LogP contribution in [0.4, 0.5) is 0 Å². The van der Waals surface area contributed by atoms with Crippen LogP contribution in [0.25, 0.3) is 0 Å². The van der Waals surface area contributed by atoms with Crippen LogP contribution >= 0.6 is 0 Å². The van der Waals surface area contributed by atoms with E-state index < -0.39 is 10.1 Å². The predicted octanol–water partition coefficient (Wildman–Crippen LogP) is 2.32. The largest absolute Gasteiger partial charge is 4.00 e. The van der Waals surface area contributed by atoms with Gasteiger partial charge in [0.05, 0.1) is 11.5 Å². The third-order valence-corrected chi connectivity index (χ3v) is 5.09. The maximum Gasteiger partial charge on any atom is 4.00 e. The van der Waals surface area contributed by atoms with Gasteiger partial charge in [0.1, 0.15) is 0 Å². The molecule has 0 bridgehead atoms. The quantitative estimate of drug-likeness (QED) is 0.243. The average Bonchev–Trinajstić information content (AvgIpc) is 2.53. The molecule has 0 unspecified atom stereocenters. The monoisotopic (exact) mass is 489 g/mol. The summed E-state index contributed by atoms with van der Waals surface area (Å²) in [5.41, 5.74) is 0. The second-order valence-electron chi connectivity index (χ2n) is 5.77. The zero-order chi connectivity index (χ0) is 16.1. The molecule has 3 nitrogen and oxygen atoms in total. The van der Waals surface area contributed by atoms with E-state index >= 15 is 0 Å². The molecule has 0 aliphatic rings. The fourth-order valence-corrected chi connectivity index (χ4v) is 3.38. The van der Waals surface area contributed by atoms with Crippen molar-refractivity contribution in [1.82, 2.24) is 0 Å². The van der Waals surface area contributed by atoms with Gasteiger partial charge in [0.25, 0.3) is 10.1 Å². The van der Waals surface area contributed by atoms with Gasteiger partial charge in [0.2, 0.25) is 0 Å². The van der Waals surface area contributed by atoms with Crippen molar-refractivity contribution >= 4 is 10.1 Å². The molecule has 0 fully saturated rings. The van der Waals surface area contributed by atoms with Gasteiger partial charge in [-0.2, -0.15) is 8.42 Å². The molecule has 0 amide bonds. The number of hydrogen-bond acceptors (Lipinski definition) is 3. The molecule has 6 heteroatoms. The second-order valence-corrected chi connectivity index (χ2v) is 7.39. The van der Waals surface area contributed by atoms with E-state index in [0.29, 0.717) is 0 Å². The van der Waals surface area contributed by atoms with Crippen molar-refractivity contribution in [2.24, 2.45) is 0 Å². The molecule has 0 radical (unpaired) electrons. The Morgan fingerprint density at radius 1 is 0.792 bits per heavy atom. The van der Waals surface area contributed by atoms with Crippen molar-refractivity contribution in [2.45, 2.75) is 76.0 Å². The van der Waals surface area contributed by atoms with Gasteiger partial charge >= 0.3 is 71.3 Å². The fraction of sp³-hybridized carbons (Fsp3) is 0.667. The molecule has 0 saturated heterocycles. The minimum atomic E-state index is -3.57. The van der Waals surface area contributed by atoms with Crippen LogP contribution < -0.4 is 29.6 Å². The third kappa shape index (κ3) is 13.7. The van der Waals surface area contributed by atoms with E-state index in [1.54, 1.807) is 30.3 Å². The van der Waals surface area contributed by atoms with Gasteiger partial charge < -0.3 is 0 Å². The van der Waals surface area contributed by atoms with Crippen LogP contribution in [-0.4, -0.2) is 15.0 Å². The maximum atomic E-state index is 11.9. The summed E-state index contributed by atoms with van der Waals surface area (Å²) in [5.74, 6) is 0. The maximum absolute atomic E-state index is 11.9. The summed E-state index contributed by atoms with van der Waals surface area (Å²) in [6.07, 6.45) is 12.3. The Morgan fingerprint density at radius 2 is 1.25 bits per heavy atom. The molecule has 0 N–H and O–H groups in total. The van der Waals surface area contributed by atoms with Gasteiger partial charge in [-0.25, -0.2) is 0 Å².